The first-order valence-corrected chi connectivity index (χ1v) is 8.06. The number of thiazole rings is 1. The Hall–Kier alpha value is -2.21. The van der Waals surface area contributed by atoms with Crippen LogP contribution in [0.25, 0.3) is 5.65 Å². The first-order valence-electron chi connectivity index (χ1n) is 7.24. The predicted molar refractivity (Wildman–Crippen MR) is 87.2 cm³/mol. The van der Waals surface area contributed by atoms with Gasteiger partial charge in [-0.25, -0.2) is 9.97 Å². The minimum absolute atomic E-state index is 0.0384. The third kappa shape index (κ3) is 2.62. The Morgan fingerprint density at radius 1 is 1.36 bits per heavy atom. The Balaban J connectivity index is 1.88. The molecule has 3 heterocycles. The summed E-state index contributed by atoms with van der Waals surface area (Å²) in [6.07, 6.45) is 3.80. The van der Waals surface area contributed by atoms with Gasteiger partial charge in [0.25, 0.3) is 5.91 Å². The Morgan fingerprint density at radius 2 is 2.18 bits per heavy atom. The molecule has 3 aromatic rings. The van der Waals surface area contributed by atoms with Crippen molar-refractivity contribution in [1.82, 2.24) is 19.3 Å². The average molecular weight is 314 g/mol. The van der Waals surface area contributed by atoms with Gasteiger partial charge in [-0.3, -0.25) is 4.79 Å². The zero-order chi connectivity index (χ0) is 15.7. The normalized spacial score (nSPS) is 11.0. The van der Waals surface area contributed by atoms with Crippen molar-refractivity contribution in [3.63, 3.8) is 0 Å². The summed E-state index contributed by atoms with van der Waals surface area (Å²) < 4.78 is 2.01. The van der Waals surface area contributed by atoms with Crippen LogP contribution in [0.3, 0.4) is 0 Å². The number of carbonyl (C=O) groups excluding carboxylic acids is 1. The zero-order valence-corrected chi connectivity index (χ0v) is 13.7. The number of carbonyl (C=O) groups is 1. The topological polar surface area (TPSA) is 50.5 Å². The zero-order valence-electron chi connectivity index (χ0n) is 12.9. The van der Waals surface area contributed by atoms with E-state index in [0.29, 0.717) is 13.1 Å². The van der Waals surface area contributed by atoms with Gasteiger partial charge in [0.15, 0.2) is 0 Å². The van der Waals surface area contributed by atoms with Gasteiger partial charge in [0.1, 0.15) is 10.5 Å². The summed E-state index contributed by atoms with van der Waals surface area (Å²) in [7, 11) is 0. The number of aryl methyl sites for hydroxylation is 2. The third-order valence-corrected chi connectivity index (χ3v) is 4.67. The molecule has 0 atom stereocenters. The number of rotatable bonds is 4. The Kier molecular flexibility index (Phi) is 3.94. The van der Waals surface area contributed by atoms with Crippen LogP contribution in [0.5, 0.6) is 0 Å². The van der Waals surface area contributed by atoms with Crippen molar-refractivity contribution in [1.29, 1.82) is 0 Å². The molecule has 0 aliphatic heterocycles. The number of pyridine rings is 1. The van der Waals surface area contributed by atoms with E-state index in [-0.39, 0.29) is 5.91 Å². The maximum Gasteiger partial charge on any atom is 0.266 e. The lowest BCUT2D eigenvalue weighted by Crippen LogP contribution is -2.30. The van der Waals surface area contributed by atoms with Crippen molar-refractivity contribution in [2.75, 3.05) is 6.54 Å². The number of hydrogen-bond acceptors (Lipinski definition) is 4. The average Bonchev–Trinajstić information content (AvgIpc) is 3.07. The van der Waals surface area contributed by atoms with E-state index >= 15 is 0 Å². The number of fused-ring (bicyclic) bond motifs is 1. The van der Waals surface area contributed by atoms with Gasteiger partial charge in [-0.05, 0) is 32.9 Å². The van der Waals surface area contributed by atoms with E-state index in [1.807, 2.05) is 60.7 Å². The lowest BCUT2D eigenvalue weighted by molar-refractivity contribution is 0.0754. The lowest BCUT2D eigenvalue weighted by atomic mass is 10.3. The molecule has 0 unspecified atom stereocenters. The van der Waals surface area contributed by atoms with Gasteiger partial charge in [-0.1, -0.05) is 6.07 Å². The Bertz CT molecular complexity index is 821. The second kappa shape index (κ2) is 5.88. The molecule has 6 heteroatoms. The summed E-state index contributed by atoms with van der Waals surface area (Å²) in [6.45, 7) is 6.99. The molecule has 0 fully saturated rings. The number of aromatic nitrogens is 3. The summed E-state index contributed by atoms with van der Waals surface area (Å²) in [5.41, 5.74) is 2.71. The van der Waals surface area contributed by atoms with Gasteiger partial charge in [-0.2, -0.15) is 0 Å². The number of amides is 1. The fourth-order valence-electron chi connectivity index (χ4n) is 2.50. The van der Waals surface area contributed by atoms with Gasteiger partial charge in [0.2, 0.25) is 0 Å². The summed E-state index contributed by atoms with van der Waals surface area (Å²) in [6, 6.07) is 5.88. The minimum Gasteiger partial charge on any atom is -0.332 e. The predicted octanol–water partition coefficient (Wildman–Crippen LogP) is 3.07. The molecule has 0 spiro atoms. The molecule has 1 amide bonds. The lowest BCUT2D eigenvalue weighted by Gasteiger charge is -2.20. The van der Waals surface area contributed by atoms with E-state index in [9.17, 15) is 4.79 Å². The molecule has 0 aromatic carbocycles. The van der Waals surface area contributed by atoms with Gasteiger partial charge in [0.05, 0.1) is 29.1 Å². The highest BCUT2D eigenvalue weighted by molar-refractivity contribution is 7.13. The van der Waals surface area contributed by atoms with Crippen LogP contribution in [0.15, 0.2) is 30.6 Å². The summed E-state index contributed by atoms with van der Waals surface area (Å²) in [4.78, 5) is 24.0. The molecule has 5 nitrogen and oxygen atoms in total. The summed E-state index contributed by atoms with van der Waals surface area (Å²) in [5.74, 6) is 0.0384. The molecular weight excluding hydrogens is 296 g/mol. The maximum atomic E-state index is 12.7. The Labute approximate surface area is 133 Å². The second-order valence-electron chi connectivity index (χ2n) is 5.15. The van der Waals surface area contributed by atoms with Crippen LogP contribution in [-0.4, -0.2) is 31.7 Å². The molecule has 0 saturated heterocycles. The molecule has 114 valence electrons. The van der Waals surface area contributed by atoms with Crippen LogP contribution >= 0.6 is 11.3 Å². The third-order valence-electron chi connectivity index (χ3n) is 3.61. The first-order chi connectivity index (χ1) is 10.6. The van der Waals surface area contributed by atoms with E-state index in [2.05, 4.69) is 9.97 Å². The smallest absolute Gasteiger partial charge is 0.266 e. The van der Waals surface area contributed by atoms with Crippen LogP contribution in [-0.2, 0) is 6.54 Å². The van der Waals surface area contributed by atoms with Gasteiger partial charge in [-0.15, -0.1) is 11.3 Å². The van der Waals surface area contributed by atoms with E-state index in [0.717, 1.165) is 26.9 Å². The molecule has 22 heavy (non-hydrogen) atoms. The van der Waals surface area contributed by atoms with Crippen molar-refractivity contribution in [2.24, 2.45) is 0 Å². The van der Waals surface area contributed by atoms with E-state index in [1.54, 1.807) is 0 Å². The molecule has 0 bridgehead atoms. The van der Waals surface area contributed by atoms with Crippen molar-refractivity contribution in [3.8, 4) is 0 Å². The molecule has 0 N–H and O–H groups in total. The minimum atomic E-state index is 0.0384. The van der Waals surface area contributed by atoms with Crippen molar-refractivity contribution < 1.29 is 4.79 Å². The number of nitrogens with zero attached hydrogens (tertiary/aromatic N) is 4. The number of imidazole rings is 1. The quantitative estimate of drug-likeness (QED) is 0.743. The second-order valence-corrected chi connectivity index (χ2v) is 6.35. The van der Waals surface area contributed by atoms with Crippen molar-refractivity contribution >= 4 is 22.9 Å². The first kappa shape index (κ1) is 14.7. The molecule has 0 saturated carbocycles. The molecule has 0 radical (unpaired) electrons. The van der Waals surface area contributed by atoms with Crippen molar-refractivity contribution in [2.45, 2.75) is 27.3 Å². The summed E-state index contributed by atoms with van der Waals surface area (Å²) in [5, 5.41) is 0.923. The largest absolute Gasteiger partial charge is 0.332 e. The van der Waals surface area contributed by atoms with Gasteiger partial charge < -0.3 is 9.30 Å². The number of hydrogen-bond donors (Lipinski definition) is 0. The van der Waals surface area contributed by atoms with Gasteiger partial charge >= 0.3 is 0 Å². The monoisotopic (exact) mass is 314 g/mol. The van der Waals surface area contributed by atoms with E-state index in [1.165, 1.54) is 11.3 Å². The molecule has 0 aliphatic rings. The molecule has 3 aromatic heterocycles. The Morgan fingerprint density at radius 3 is 2.86 bits per heavy atom. The maximum absolute atomic E-state index is 12.7. The van der Waals surface area contributed by atoms with Crippen LogP contribution in [0, 0.1) is 13.8 Å². The summed E-state index contributed by atoms with van der Waals surface area (Å²) >= 11 is 1.46. The standard InChI is InChI=1S/C16H18N4OS/c1-4-19(16(21)15-11(2)18-12(3)22-15)10-13-9-17-14-7-5-6-8-20(13)14/h5-9H,4,10H2,1-3H3. The fourth-order valence-corrected chi connectivity index (χ4v) is 3.39. The van der Waals surface area contributed by atoms with Crippen LogP contribution in [0.1, 0.15) is 33.0 Å². The molecular formula is C16H18N4OS. The van der Waals surface area contributed by atoms with Crippen LogP contribution in [0.4, 0.5) is 0 Å². The highest BCUT2D eigenvalue weighted by Crippen LogP contribution is 2.20. The van der Waals surface area contributed by atoms with Crippen LogP contribution in [0.2, 0.25) is 0 Å². The van der Waals surface area contributed by atoms with E-state index in [4.69, 9.17) is 0 Å². The van der Waals surface area contributed by atoms with Crippen molar-refractivity contribution in [3.05, 3.63) is 51.9 Å². The van der Waals surface area contributed by atoms with Crippen LogP contribution < -0.4 is 0 Å². The SMILES string of the molecule is CCN(Cc1cnc2ccccn12)C(=O)c1sc(C)nc1C. The fraction of sp³-hybridized carbons (Fsp3) is 0.312. The highest BCUT2D eigenvalue weighted by Gasteiger charge is 2.20. The van der Waals surface area contributed by atoms with Gasteiger partial charge in [0, 0.05) is 12.7 Å². The highest BCUT2D eigenvalue weighted by atomic mass is 32.1. The molecule has 3 rings (SSSR count). The molecule has 0 aliphatic carbocycles. The van der Waals surface area contributed by atoms with E-state index < -0.39 is 0 Å².